The number of rotatable bonds is 4. The summed E-state index contributed by atoms with van der Waals surface area (Å²) in [5.41, 5.74) is 4.98. The van der Waals surface area contributed by atoms with Crippen molar-refractivity contribution in [2.75, 3.05) is 5.32 Å². The Kier molecular flexibility index (Phi) is 4.20. The van der Waals surface area contributed by atoms with Crippen LogP contribution in [-0.4, -0.2) is 46.6 Å². The molecule has 5 aromatic rings. The van der Waals surface area contributed by atoms with Gasteiger partial charge in [0.15, 0.2) is 0 Å². The fraction of sp³-hybridized carbons (Fsp3) is 0.200. The van der Waals surface area contributed by atoms with Crippen LogP contribution in [0, 0.1) is 0 Å². The van der Waals surface area contributed by atoms with E-state index in [9.17, 15) is 13.2 Å². The van der Waals surface area contributed by atoms with Crippen molar-refractivity contribution in [3.8, 4) is 22.3 Å². The number of aromatic nitrogens is 7. The van der Waals surface area contributed by atoms with Crippen LogP contribution in [0.1, 0.15) is 6.92 Å². The minimum Gasteiger partial charge on any atom is -0.345 e. The average Bonchev–Trinajstić information content (AvgIpc) is 3.44. The molecule has 0 bridgehead atoms. The second-order valence-electron chi connectivity index (χ2n) is 7.27. The highest BCUT2D eigenvalue weighted by atomic mass is 19.4. The molecule has 5 rings (SSSR count). The Morgan fingerprint density at radius 1 is 1.10 bits per heavy atom. The van der Waals surface area contributed by atoms with Gasteiger partial charge in [-0.25, -0.2) is 9.50 Å². The summed E-state index contributed by atoms with van der Waals surface area (Å²) in [6.45, 7) is 1.02. The van der Waals surface area contributed by atoms with Gasteiger partial charge in [-0.1, -0.05) is 0 Å². The van der Waals surface area contributed by atoms with Crippen molar-refractivity contribution in [2.24, 2.45) is 7.05 Å². The van der Waals surface area contributed by atoms with Crippen molar-refractivity contribution in [2.45, 2.75) is 19.1 Å². The Labute approximate surface area is 173 Å². The molecule has 31 heavy (non-hydrogen) atoms. The molecule has 2 N–H and O–H groups in total. The molecule has 5 aromatic heterocycles. The third-order valence-electron chi connectivity index (χ3n) is 5.12. The first kappa shape index (κ1) is 19.1. The Balaban J connectivity index is 1.53. The number of H-pyrrole nitrogens is 1. The van der Waals surface area contributed by atoms with E-state index in [0.29, 0.717) is 11.0 Å². The maximum Gasteiger partial charge on any atom is 0.408 e. The van der Waals surface area contributed by atoms with E-state index >= 15 is 0 Å². The van der Waals surface area contributed by atoms with Crippen LogP contribution in [-0.2, 0) is 7.05 Å². The second-order valence-corrected chi connectivity index (χ2v) is 7.27. The van der Waals surface area contributed by atoms with Crippen LogP contribution in [0.25, 0.3) is 38.8 Å². The van der Waals surface area contributed by atoms with Crippen molar-refractivity contribution in [1.29, 1.82) is 0 Å². The number of nitrogens with zero attached hydrogens (tertiary/aromatic N) is 6. The van der Waals surface area contributed by atoms with Gasteiger partial charge in [0.1, 0.15) is 11.7 Å². The maximum absolute atomic E-state index is 12.8. The van der Waals surface area contributed by atoms with Crippen molar-refractivity contribution in [3.05, 3.63) is 49.3 Å². The molecule has 0 aliphatic rings. The Hall–Kier alpha value is -3.89. The molecule has 0 spiro atoms. The third kappa shape index (κ3) is 3.37. The molecule has 11 heteroatoms. The molecule has 0 aromatic carbocycles. The maximum atomic E-state index is 12.8. The van der Waals surface area contributed by atoms with E-state index in [1.807, 2.05) is 31.6 Å². The molecule has 0 fully saturated rings. The fourth-order valence-electron chi connectivity index (χ4n) is 3.42. The fourth-order valence-corrected chi connectivity index (χ4v) is 3.42. The molecule has 0 unspecified atom stereocenters. The second kappa shape index (κ2) is 6.83. The standard InChI is InChI=1S/C20H17F3N8/c1-11(20(21,22)23)28-19-25-8-16-14(7-24-18(16)29-19)12-3-4-31-17(5-12)15(9-27-31)13-6-26-30(2)10-13/h3-11H,1-2H3,(H2,24,25,28,29)/t11-/m0/s1. The van der Waals surface area contributed by atoms with Crippen LogP contribution in [0.3, 0.4) is 0 Å². The number of hydrogen-bond donors (Lipinski definition) is 2. The minimum atomic E-state index is -4.38. The number of hydrogen-bond acceptors (Lipinski definition) is 5. The molecule has 0 saturated heterocycles. The molecule has 0 radical (unpaired) electrons. The molecule has 5 heterocycles. The first-order valence-electron chi connectivity index (χ1n) is 9.44. The molecule has 8 nitrogen and oxygen atoms in total. The average molecular weight is 426 g/mol. The Bertz CT molecular complexity index is 1390. The summed E-state index contributed by atoms with van der Waals surface area (Å²) in [5.74, 6) is -0.0872. The molecular weight excluding hydrogens is 409 g/mol. The zero-order chi connectivity index (χ0) is 21.8. The molecular formula is C20H17F3N8. The van der Waals surface area contributed by atoms with Gasteiger partial charge in [0.25, 0.3) is 0 Å². The molecule has 0 amide bonds. The summed E-state index contributed by atoms with van der Waals surface area (Å²) < 4.78 is 41.9. The zero-order valence-corrected chi connectivity index (χ0v) is 16.5. The van der Waals surface area contributed by atoms with E-state index in [0.717, 1.165) is 34.7 Å². The van der Waals surface area contributed by atoms with E-state index in [1.165, 1.54) is 6.20 Å². The van der Waals surface area contributed by atoms with Crippen molar-refractivity contribution >= 4 is 22.5 Å². The van der Waals surface area contributed by atoms with Gasteiger partial charge < -0.3 is 10.3 Å². The highest BCUT2D eigenvalue weighted by Crippen LogP contribution is 2.32. The van der Waals surface area contributed by atoms with Crippen LogP contribution in [0.2, 0.25) is 0 Å². The van der Waals surface area contributed by atoms with Gasteiger partial charge in [0, 0.05) is 53.9 Å². The molecule has 158 valence electrons. The first-order chi connectivity index (χ1) is 14.8. The van der Waals surface area contributed by atoms with Crippen molar-refractivity contribution in [1.82, 2.24) is 34.3 Å². The Morgan fingerprint density at radius 2 is 1.94 bits per heavy atom. The number of aromatic amines is 1. The summed E-state index contributed by atoms with van der Waals surface area (Å²) >= 11 is 0. The number of alkyl halides is 3. The van der Waals surface area contributed by atoms with E-state index in [4.69, 9.17) is 0 Å². The van der Waals surface area contributed by atoms with Gasteiger partial charge in [0.2, 0.25) is 5.95 Å². The van der Waals surface area contributed by atoms with Crippen molar-refractivity contribution < 1.29 is 13.2 Å². The lowest BCUT2D eigenvalue weighted by Crippen LogP contribution is -2.33. The number of fused-ring (bicyclic) bond motifs is 2. The van der Waals surface area contributed by atoms with Gasteiger partial charge in [-0.05, 0) is 24.6 Å². The number of pyridine rings is 1. The van der Waals surface area contributed by atoms with Crippen LogP contribution in [0.5, 0.6) is 0 Å². The lowest BCUT2D eigenvalue weighted by Gasteiger charge is -2.16. The quantitative estimate of drug-likeness (QED) is 0.453. The summed E-state index contributed by atoms with van der Waals surface area (Å²) in [6.07, 6.45) is 6.23. The monoisotopic (exact) mass is 426 g/mol. The molecule has 0 aliphatic heterocycles. The lowest BCUT2D eigenvalue weighted by atomic mass is 10.1. The predicted octanol–water partition coefficient (Wildman–Crippen LogP) is 4.04. The topological polar surface area (TPSA) is 88.7 Å². The van der Waals surface area contributed by atoms with E-state index < -0.39 is 12.2 Å². The SMILES string of the molecule is C[C@H](Nc1ncc2c(-c3ccn4ncc(-c5cnn(C)c5)c4c3)c[nH]c2n1)C(F)(F)F. The van der Waals surface area contributed by atoms with Gasteiger partial charge in [-0.2, -0.15) is 28.4 Å². The summed E-state index contributed by atoms with van der Waals surface area (Å²) in [6, 6.07) is 2.15. The lowest BCUT2D eigenvalue weighted by molar-refractivity contribution is -0.138. The Morgan fingerprint density at radius 3 is 2.68 bits per heavy atom. The molecule has 0 aliphatic carbocycles. The number of anilines is 1. The molecule has 1 atom stereocenters. The van der Waals surface area contributed by atoms with Crippen LogP contribution >= 0.6 is 0 Å². The van der Waals surface area contributed by atoms with Gasteiger partial charge >= 0.3 is 6.18 Å². The normalized spacial score (nSPS) is 13.2. The van der Waals surface area contributed by atoms with E-state index in [2.05, 4.69) is 30.5 Å². The largest absolute Gasteiger partial charge is 0.408 e. The van der Waals surface area contributed by atoms with E-state index in [1.54, 1.807) is 27.8 Å². The van der Waals surface area contributed by atoms with Crippen LogP contribution in [0.15, 0.2) is 49.3 Å². The minimum absolute atomic E-state index is 0.0872. The highest BCUT2D eigenvalue weighted by Gasteiger charge is 2.36. The van der Waals surface area contributed by atoms with Crippen molar-refractivity contribution in [3.63, 3.8) is 0 Å². The van der Waals surface area contributed by atoms with Gasteiger partial charge in [-0.3, -0.25) is 4.68 Å². The molecule has 0 saturated carbocycles. The van der Waals surface area contributed by atoms with Crippen LogP contribution in [0.4, 0.5) is 19.1 Å². The van der Waals surface area contributed by atoms with Gasteiger partial charge in [0.05, 0.1) is 17.9 Å². The number of halogens is 3. The smallest absolute Gasteiger partial charge is 0.345 e. The zero-order valence-electron chi connectivity index (χ0n) is 16.5. The summed E-state index contributed by atoms with van der Waals surface area (Å²) in [5, 5.41) is 11.6. The summed E-state index contributed by atoms with van der Waals surface area (Å²) in [4.78, 5) is 11.3. The number of aryl methyl sites for hydroxylation is 1. The number of nitrogens with one attached hydrogen (secondary N) is 2. The summed E-state index contributed by atoms with van der Waals surface area (Å²) in [7, 11) is 1.85. The highest BCUT2D eigenvalue weighted by molar-refractivity contribution is 5.95. The third-order valence-corrected chi connectivity index (χ3v) is 5.12. The first-order valence-corrected chi connectivity index (χ1v) is 9.44. The predicted molar refractivity (Wildman–Crippen MR) is 109 cm³/mol. The van der Waals surface area contributed by atoms with Gasteiger partial charge in [-0.15, -0.1) is 0 Å². The van der Waals surface area contributed by atoms with Crippen LogP contribution < -0.4 is 5.32 Å². The van der Waals surface area contributed by atoms with E-state index in [-0.39, 0.29) is 5.95 Å².